The van der Waals surface area contributed by atoms with Crippen molar-refractivity contribution >= 4 is 17.7 Å². The molecule has 0 aliphatic carbocycles. The average molecular weight is 229 g/mol. The number of thioether (sulfide) groups is 1. The number of hydrogen-bond donors (Lipinski definition) is 0. The fourth-order valence-electron chi connectivity index (χ4n) is 1.05. The molecule has 0 unspecified atom stereocenters. The standard InChI is InChI=1S/C7H10F3NO2S/c8-7(9,10)14-5-6(12)11-1-3-13-4-2-11/h1-5H2. The van der Waals surface area contributed by atoms with E-state index in [1.807, 2.05) is 0 Å². The summed E-state index contributed by atoms with van der Waals surface area (Å²) in [5, 5.41) is 0. The summed E-state index contributed by atoms with van der Waals surface area (Å²) in [6, 6.07) is 0. The SMILES string of the molecule is O=C(CSC(F)(F)F)N1CCOCC1. The van der Waals surface area contributed by atoms with Crippen LogP contribution in [0.2, 0.25) is 0 Å². The first-order valence-corrected chi connectivity index (χ1v) is 5.04. The highest BCUT2D eigenvalue weighted by atomic mass is 32.2. The third kappa shape index (κ3) is 4.19. The van der Waals surface area contributed by atoms with Crippen LogP contribution in [0.25, 0.3) is 0 Å². The maximum Gasteiger partial charge on any atom is 0.442 e. The molecule has 1 saturated heterocycles. The highest BCUT2D eigenvalue weighted by Crippen LogP contribution is 2.30. The molecule has 3 nitrogen and oxygen atoms in total. The molecule has 0 aromatic rings. The van der Waals surface area contributed by atoms with Crippen molar-refractivity contribution in [2.24, 2.45) is 0 Å². The Labute approximate surface area is 83.6 Å². The van der Waals surface area contributed by atoms with Crippen LogP contribution >= 0.6 is 11.8 Å². The van der Waals surface area contributed by atoms with Crippen molar-refractivity contribution in [1.29, 1.82) is 0 Å². The molecule has 0 N–H and O–H groups in total. The minimum Gasteiger partial charge on any atom is -0.378 e. The minimum absolute atomic E-state index is 0.297. The number of alkyl halides is 3. The lowest BCUT2D eigenvalue weighted by Crippen LogP contribution is -2.41. The van der Waals surface area contributed by atoms with E-state index in [4.69, 9.17) is 4.74 Å². The van der Waals surface area contributed by atoms with Crippen LogP contribution in [0.4, 0.5) is 13.2 Å². The van der Waals surface area contributed by atoms with Gasteiger partial charge in [-0.05, 0) is 11.8 Å². The van der Waals surface area contributed by atoms with Crippen LogP contribution in [0.3, 0.4) is 0 Å². The maximum absolute atomic E-state index is 11.8. The molecule has 0 aromatic heterocycles. The molecular weight excluding hydrogens is 219 g/mol. The van der Waals surface area contributed by atoms with Gasteiger partial charge < -0.3 is 9.64 Å². The number of carbonyl (C=O) groups excluding carboxylic acids is 1. The number of ether oxygens (including phenoxy) is 1. The highest BCUT2D eigenvalue weighted by molar-refractivity contribution is 8.00. The van der Waals surface area contributed by atoms with E-state index < -0.39 is 17.2 Å². The molecule has 1 rings (SSSR count). The molecule has 0 atom stereocenters. The van der Waals surface area contributed by atoms with Gasteiger partial charge in [0.2, 0.25) is 5.91 Å². The molecule has 82 valence electrons. The van der Waals surface area contributed by atoms with Gasteiger partial charge in [-0.25, -0.2) is 0 Å². The van der Waals surface area contributed by atoms with Crippen molar-refractivity contribution in [1.82, 2.24) is 4.90 Å². The number of hydrogen-bond acceptors (Lipinski definition) is 3. The van der Waals surface area contributed by atoms with E-state index in [-0.39, 0.29) is 11.8 Å². The molecule has 0 bridgehead atoms. The summed E-state index contributed by atoms with van der Waals surface area (Å²) < 4.78 is 40.2. The van der Waals surface area contributed by atoms with Gasteiger partial charge in [0.05, 0.1) is 19.0 Å². The van der Waals surface area contributed by atoms with Gasteiger partial charge in [0.1, 0.15) is 0 Å². The summed E-state index contributed by atoms with van der Waals surface area (Å²) >= 11 is -0.297. The van der Waals surface area contributed by atoms with Gasteiger partial charge >= 0.3 is 5.51 Å². The molecule has 1 amide bonds. The van der Waals surface area contributed by atoms with E-state index in [1.54, 1.807) is 0 Å². The first-order chi connectivity index (χ1) is 6.49. The molecule has 1 fully saturated rings. The number of rotatable bonds is 2. The molecule has 0 aromatic carbocycles. The normalized spacial score (nSPS) is 18.4. The Balaban J connectivity index is 2.27. The monoisotopic (exact) mass is 229 g/mol. The molecule has 14 heavy (non-hydrogen) atoms. The summed E-state index contributed by atoms with van der Waals surface area (Å²) in [7, 11) is 0. The van der Waals surface area contributed by atoms with E-state index in [0.29, 0.717) is 26.3 Å². The zero-order valence-electron chi connectivity index (χ0n) is 7.34. The topological polar surface area (TPSA) is 29.5 Å². The van der Waals surface area contributed by atoms with E-state index in [2.05, 4.69) is 0 Å². The number of morpholine rings is 1. The fraction of sp³-hybridized carbons (Fsp3) is 0.857. The molecule has 1 aliphatic rings. The Morgan fingerprint density at radius 2 is 1.93 bits per heavy atom. The average Bonchev–Trinajstić information content (AvgIpc) is 2.14. The lowest BCUT2D eigenvalue weighted by atomic mass is 10.4. The molecular formula is C7H10F3NO2S. The van der Waals surface area contributed by atoms with Crippen molar-refractivity contribution in [2.75, 3.05) is 32.1 Å². The van der Waals surface area contributed by atoms with Crippen LogP contribution in [0.5, 0.6) is 0 Å². The van der Waals surface area contributed by atoms with Gasteiger partial charge in [0.25, 0.3) is 0 Å². The highest BCUT2D eigenvalue weighted by Gasteiger charge is 2.30. The van der Waals surface area contributed by atoms with Gasteiger partial charge in [-0.15, -0.1) is 0 Å². The van der Waals surface area contributed by atoms with E-state index in [1.165, 1.54) is 4.90 Å². The van der Waals surface area contributed by atoms with Crippen LogP contribution in [-0.2, 0) is 9.53 Å². The summed E-state index contributed by atoms with van der Waals surface area (Å²) in [6.45, 7) is 1.58. The fourth-order valence-corrected chi connectivity index (χ4v) is 1.52. The molecule has 1 heterocycles. The second-order valence-corrected chi connectivity index (χ2v) is 3.77. The number of carbonyl (C=O) groups is 1. The van der Waals surface area contributed by atoms with Gasteiger partial charge in [0, 0.05) is 13.1 Å². The minimum atomic E-state index is -4.33. The zero-order chi connectivity index (χ0) is 10.6. The Kier molecular flexibility index (Phi) is 4.06. The van der Waals surface area contributed by atoms with Crippen molar-refractivity contribution in [3.8, 4) is 0 Å². The Morgan fingerprint density at radius 3 is 2.43 bits per heavy atom. The van der Waals surface area contributed by atoms with Crippen molar-refractivity contribution in [3.05, 3.63) is 0 Å². The second kappa shape index (κ2) is 4.88. The summed E-state index contributed by atoms with van der Waals surface area (Å²) in [5.41, 5.74) is -4.33. The third-order valence-electron chi connectivity index (χ3n) is 1.72. The molecule has 0 radical (unpaired) electrons. The smallest absolute Gasteiger partial charge is 0.378 e. The molecule has 0 saturated carbocycles. The van der Waals surface area contributed by atoms with Gasteiger partial charge in [-0.3, -0.25) is 4.79 Å². The largest absolute Gasteiger partial charge is 0.442 e. The number of amides is 1. The maximum atomic E-state index is 11.8. The Bertz CT molecular complexity index is 204. The van der Waals surface area contributed by atoms with Gasteiger partial charge in [0.15, 0.2) is 0 Å². The van der Waals surface area contributed by atoms with Gasteiger partial charge in [-0.2, -0.15) is 13.2 Å². The Morgan fingerprint density at radius 1 is 1.36 bits per heavy atom. The molecule has 1 aliphatic heterocycles. The van der Waals surface area contributed by atoms with Crippen LogP contribution < -0.4 is 0 Å². The second-order valence-electron chi connectivity index (χ2n) is 2.73. The van der Waals surface area contributed by atoms with Crippen molar-refractivity contribution < 1.29 is 22.7 Å². The first kappa shape index (κ1) is 11.6. The quantitative estimate of drug-likeness (QED) is 0.710. The lowest BCUT2D eigenvalue weighted by molar-refractivity contribution is -0.132. The van der Waals surface area contributed by atoms with Crippen LogP contribution in [0, 0.1) is 0 Å². The van der Waals surface area contributed by atoms with E-state index >= 15 is 0 Å². The van der Waals surface area contributed by atoms with E-state index in [0.717, 1.165) is 0 Å². The predicted molar refractivity (Wildman–Crippen MR) is 45.9 cm³/mol. The lowest BCUT2D eigenvalue weighted by Gasteiger charge is -2.26. The van der Waals surface area contributed by atoms with Crippen molar-refractivity contribution in [2.45, 2.75) is 5.51 Å². The summed E-state index contributed by atoms with van der Waals surface area (Å²) in [5.74, 6) is -1.01. The number of nitrogens with zero attached hydrogens (tertiary/aromatic N) is 1. The zero-order valence-corrected chi connectivity index (χ0v) is 8.16. The molecule has 7 heteroatoms. The first-order valence-electron chi connectivity index (χ1n) is 4.05. The third-order valence-corrected chi connectivity index (χ3v) is 2.44. The van der Waals surface area contributed by atoms with Crippen LogP contribution in [0.1, 0.15) is 0 Å². The summed E-state index contributed by atoms with van der Waals surface area (Å²) in [4.78, 5) is 12.6. The van der Waals surface area contributed by atoms with Crippen LogP contribution in [-0.4, -0.2) is 48.4 Å². The predicted octanol–water partition coefficient (Wildman–Crippen LogP) is 1.10. The number of halogens is 3. The van der Waals surface area contributed by atoms with Crippen LogP contribution in [0.15, 0.2) is 0 Å². The van der Waals surface area contributed by atoms with E-state index in [9.17, 15) is 18.0 Å². The van der Waals surface area contributed by atoms with Gasteiger partial charge in [-0.1, -0.05) is 0 Å². The van der Waals surface area contributed by atoms with Crippen molar-refractivity contribution in [3.63, 3.8) is 0 Å². The summed E-state index contributed by atoms with van der Waals surface area (Å²) in [6.07, 6.45) is 0. The molecule has 0 spiro atoms. The Hall–Kier alpha value is -0.430.